The molecule has 130 valence electrons. The van der Waals surface area contributed by atoms with E-state index in [1.165, 1.54) is 32.4 Å². The number of rotatable bonds is 4. The van der Waals surface area contributed by atoms with Crippen LogP contribution in [0.3, 0.4) is 0 Å². The predicted octanol–water partition coefficient (Wildman–Crippen LogP) is 2.29. The molecule has 2 N–H and O–H groups in total. The maximum atomic E-state index is 12.9. The van der Waals surface area contributed by atoms with Crippen molar-refractivity contribution in [2.75, 3.05) is 20.8 Å². The first-order chi connectivity index (χ1) is 12.0. The van der Waals surface area contributed by atoms with Crippen molar-refractivity contribution in [2.45, 2.75) is 5.92 Å². The second kappa shape index (κ2) is 6.35. The molecule has 2 aromatic carbocycles. The van der Waals surface area contributed by atoms with Gasteiger partial charge < -0.3 is 24.4 Å². The average molecular weight is 344 g/mol. The Morgan fingerprint density at radius 1 is 1.12 bits per heavy atom. The van der Waals surface area contributed by atoms with Crippen molar-refractivity contribution >= 4 is 12.1 Å². The van der Waals surface area contributed by atoms with Gasteiger partial charge in [-0.25, -0.2) is 0 Å². The maximum absolute atomic E-state index is 12.9. The largest absolute Gasteiger partial charge is 0.508 e. The minimum atomic E-state index is -0.775. The predicted molar refractivity (Wildman–Crippen MR) is 87.3 cm³/mol. The van der Waals surface area contributed by atoms with Crippen molar-refractivity contribution < 1.29 is 34.0 Å². The quantitative estimate of drug-likeness (QED) is 0.820. The molecule has 1 aliphatic heterocycles. The molecule has 1 heterocycles. The van der Waals surface area contributed by atoms with E-state index in [0.717, 1.165) is 6.07 Å². The van der Waals surface area contributed by atoms with Crippen LogP contribution in [0.1, 0.15) is 32.2 Å². The number of phenols is 2. The van der Waals surface area contributed by atoms with E-state index in [1.54, 1.807) is 0 Å². The Balaban J connectivity index is 2.11. The average Bonchev–Trinajstić information content (AvgIpc) is 2.60. The summed E-state index contributed by atoms with van der Waals surface area (Å²) < 4.78 is 16.0. The molecule has 0 saturated carbocycles. The number of phenolic OH excluding ortho intramolecular Hbond substituents is 2. The SMILES string of the molecule is COc1cc(OC)c(C2COc3cc(O)cc(O)c3C2=O)cc1C=O. The molecular formula is C18H16O7. The van der Waals surface area contributed by atoms with E-state index in [-0.39, 0.29) is 40.8 Å². The molecule has 1 unspecified atom stereocenters. The maximum Gasteiger partial charge on any atom is 0.181 e. The van der Waals surface area contributed by atoms with Crippen LogP contribution in [0.15, 0.2) is 24.3 Å². The standard InChI is InChI=1S/C18H16O7/c1-23-14-6-15(24-2)11(3-9(14)7-19)12-8-25-16-5-10(20)4-13(21)17(16)18(12)22/h3-7,12,20-21H,8H2,1-2H3. The fourth-order valence-corrected chi connectivity index (χ4v) is 2.92. The van der Waals surface area contributed by atoms with E-state index in [1.807, 2.05) is 0 Å². The molecule has 0 aromatic heterocycles. The summed E-state index contributed by atoms with van der Waals surface area (Å²) in [6.45, 7) is -0.0181. The van der Waals surface area contributed by atoms with Crippen LogP contribution in [0.25, 0.3) is 0 Å². The Kier molecular flexibility index (Phi) is 4.22. The van der Waals surface area contributed by atoms with E-state index in [0.29, 0.717) is 23.3 Å². The number of carbonyl (C=O) groups is 2. The summed E-state index contributed by atoms with van der Waals surface area (Å²) in [5.74, 6) is -0.928. The van der Waals surface area contributed by atoms with E-state index in [2.05, 4.69) is 0 Å². The topological polar surface area (TPSA) is 102 Å². The number of ketones is 1. The van der Waals surface area contributed by atoms with E-state index in [9.17, 15) is 19.8 Å². The number of benzene rings is 2. The number of Topliss-reactive ketones (excluding diaryl/α,β-unsaturated/α-hetero) is 1. The fraction of sp³-hybridized carbons (Fsp3) is 0.222. The number of aldehydes is 1. The zero-order valence-corrected chi connectivity index (χ0v) is 13.6. The summed E-state index contributed by atoms with van der Waals surface area (Å²) in [5.41, 5.74) is 0.708. The second-order valence-corrected chi connectivity index (χ2v) is 5.52. The van der Waals surface area contributed by atoms with Crippen LogP contribution in [-0.4, -0.2) is 43.1 Å². The first kappa shape index (κ1) is 16.6. The molecule has 2 aromatic rings. The van der Waals surface area contributed by atoms with Crippen LogP contribution in [-0.2, 0) is 0 Å². The third-order valence-electron chi connectivity index (χ3n) is 4.12. The normalized spacial score (nSPS) is 15.9. The highest BCUT2D eigenvalue weighted by molar-refractivity contribution is 6.07. The van der Waals surface area contributed by atoms with Gasteiger partial charge in [0, 0.05) is 23.8 Å². The smallest absolute Gasteiger partial charge is 0.181 e. The molecule has 0 aliphatic carbocycles. The van der Waals surface area contributed by atoms with Crippen LogP contribution in [0.4, 0.5) is 0 Å². The molecule has 1 aliphatic rings. The van der Waals surface area contributed by atoms with Gasteiger partial charge >= 0.3 is 0 Å². The Hall–Kier alpha value is -3.22. The molecule has 1 atom stereocenters. The lowest BCUT2D eigenvalue weighted by Gasteiger charge is -2.26. The zero-order chi connectivity index (χ0) is 18.1. The molecule has 0 radical (unpaired) electrons. The molecule has 0 bridgehead atoms. The highest BCUT2D eigenvalue weighted by atomic mass is 16.5. The van der Waals surface area contributed by atoms with Crippen molar-refractivity contribution in [3.63, 3.8) is 0 Å². The van der Waals surface area contributed by atoms with Gasteiger partial charge in [-0.15, -0.1) is 0 Å². The summed E-state index contributed by atoms with van der Waals surface area (Å²) in [7, 11) is 2.87. The van der Waals surface area contributed by atoms with Gasteiger partial charge in [-0.05, 0) is 6.07 Å². The first-order valence-electron chi connectivity index (χ1n) is 7.44. The van der Waals surface area contributed by atoms with Crippen LogP contribution in [0.2, 0.25) is 0 Å². The van der Waals surface area contributed by atoms with Crippen molar-refractivity contribution in [3.8, 4) is 28.7 Å². The molecular weight excluding hydrogens is 328 g/mol. The van der Waals surface area contributed by atoms with Gasteiger partial charge in [0.05, 0.1) is 25.7 Å². The molecule has 0 amide bonds. The third kappa shape index (κ3) is 2.73. The molecule has 0 fully saturated rings. The van der Waals surface area contributed by atoms with Crippen LogP contribution in [0, 0.1) is 0 Å². The molecule has 7 nitrogen and oxygen atoms in total. The zero-order valence-electron chi connectivity index (χ0n) is 13.6. The van der Waals surface area contributed by atoms with Gasteiger partial charge in [0.2, 0.25) is 0 Å². The summed E-state index contributed by atoms with van der Waals surface area (Å²) >= 11 is 0. The molecule has 25 heavy (non-hydrogen) atoms. The number of fused-ring (bicyclic) bond motifs is 1. The number of hydrogen-bond acceptors (Lipinski definition) is 7. The van der Waals surface area contributed by atoms with Crippen molar-refractivity contribution in [1.82, 2.24) is 0 Å². The second-order valence-electron chi connectivity index (χ2n) is 5.52. The van der Waals surface area contributed by atoms with Gasteiger partial charge in [0.1, 0.15) is 40.9 Å². The van der Waals surface area contributed by atoms with E-state index in [4.69, 9.17) is 14.2 Å². The van der Waals surface area contributed by atoms with Crippen LogP contribution >= 0.6 is 0 Å². The highest BCUT2D eigenvalue weighted by Gasteiger charge is 2.35. The van der Waals surface area contributed by atoms with Gasteiger partial charge in [-0.2, -0.15) is 0 Å². The van der Waals surface area contributed by atoms with Gasteiger partial charge in [0.25, 0.3) is 0 Å². The van der Waals surface area contributed by atoms with Crippen molar-refractivity contribution in [2.24, 2.45) is 0 Å². The van der Waals surface area contributed by atoms with Crippen molar-refractivity contribution in [3.05, 3.63) is 41.0 Å². The summed E-state index contributed by atoms with van der Waals surface area (Å²) in [5, 5.41) is 19.5. The molecule has 3 rings (SSSR count). The number of hydrogen-bond donors (Lipinski definition) is 2. The fourth-order valence-electron chi connectivity index (χ4n) is 2.92. The summed E-state index contributed by atoms with van der Waals surface area (Å²) in [6.07, 6.45) is 0.624. The monoisotopic (exact) mass is 344 g/mol. The lowest BCUT2D eigenvalue weighted by atomic mass is 9.87. The highest BCUT2D eigenvalue weighted by Crippen LogP contribution is 2.43. The Labute approximate surface area is 143 Å². The van der Waals surface area contributed by atoms with E-state index >= 15 is 0 Å². The Bertz CT molecular complexity index is 857. The van der Waals surface area contributed by atoms with Gasteiger partial charge in [0.15, 0.2) is 12.1 Å². The van der Waals surface area contributed by atoms with Gasteiger partial charge in [-0.3, -0.25) is 9.59 Å². The lowest BCUT2D eigenvalue weighted by Crippen LogP contribution is -2.26. The number of methoxy groups -OCH3 is 2. The number of ether oxygens (including phenoxy) is 3. The summed E-state index contributed by atoms with van der Waals surface area (Å²) in [6, 6.07) is 5.38. The Morgan fingerprint density at radius 2 is 1.84 bits per heavy atom. The number of aromatic hydroxyl groups is 2. The van der Waals surface area contributed by atoms with E-state index < -0.39 is 5.92 Å². The number of carbonyl (C=O) groups excluding carboxylic acids is 2. The molecule has 0 saturated heterocycles. The minimum Gasteiger partial charge on any atom is -0.508 e. The molecule has 0 spiro atoms. The van der Waals surface area contributed by atoms with Gasteiger partial charge in [-0.1, -0.05) is 0 Å². The third-order valence-corrected chi connectivity index (χ3v) is 4.12. The summed E-state index contributed by atoms with van der Waals surface area (Å²) in [4.78, 5) is 24.2. The molecule has 7 heteroatoms. The minimum absolute atomic E-state index is 0.0143. The van der Waals surface area contributed by atoms with Crippen molar-refractivity contribution in [1.29, 1.82) is 0 Å². The Morgan fingerprint density at radius 3 is 2.48 bits per heavy atom. The lowest BCUT2D eigenvalue weighted by molar-refractivity contribution is 0.0889. The first-order valence-corrected chi connectivity index (χ1v) is 7.44. The van der Waals surface area contributed by atoms with Crippen LogP contribution < -0.4 is 14.2 Å². The van der Waals surface area contributed by atoms with Crippen LogP contribution in [0.5, 0.6) is 28.7 Å².